The van der Waals surface area contributed by atoms with Gasteiger partial charge in [0.05, 0.1) is 13.2 Å². The highest BCUT2D eigenvalue weighted by atomic mass is 16.5. The Labute approximate surface area is 115 Å². The normalized spacial score (nSPS) is 12.4. The van der Waals surface area contributed by atoms with Gasteiger partial charge in [-0.15, -0.1) is 0 Å². The first kappa shape index (κ1) is 15.9. The van der Waals surface area contributed by atoms with Crippen molar-refractivity contribution in [1.82, 2.24) is 0 Å². The van der Waals surface area contributed by atoms with Crippen molar-refractivity contribution in [2.45, 2.75) is 39.0 Å². The van der Waals surface area contributed by atoms with E-state index in [2.05, 4.69) is 13.8 Å². The molecule has 0 bridgehead atoms. The average Bonchev–Trinajstić information content (AvgIpc) is 2.46. The Morgan fingerprint density at radius 2 is 1.95 bits per heavy atom. The topological polar surface area (TPSA) is 46.5 Å². The molecule has 1 rings (SSSR count). The fraction of sp³-hybridized carbons (Fsp3) is 0.562. The van der Waals surface area contributed by atoms with Gasteiger partial charge in [-0.1, -0.05) is 38.1 Å². The summed E-state index contributed by atoms with van der Waals surface area (Å²) in [6.45, 7) is 5.26. The van der Waals surface area contributed by atoms with E-state index in [9.17, 15) is 4.79 Å². The lowest BCUT2D eigenvalue weighted by molar-refractivity contribution is 0.0832. The Balaban J connectivity index is 2.40. The van der Waals surface area contributed by atoms with Crippen LogP contribution in [-0.4, -0.2) is 30.7 Å². The lowest BCUT2D eigenvalue weighted by Crippen LogP contribution is -2.05. The van der Waals surface area contributed by atoms with Crippen molar-refractivity contribution in [2.24, 2.45) is 0 Å². The minimum atomic E-state index is 0.0328. The second kappa shape index (κ2) is 8.83. The van der Waals surface area contributed by atoms with Crippen LogP contribution in [-0.2, 0) is 4.74 Å². The first-order chi connectivity index (χ1) is 9.19. The molecule has 0 aliphatic carbocycles. The van der Waals surface area contributed by atoms with E-state index >= 15 is 0 Å². The van der Waals surface area contributed by atoms with Crippen LogP contribution in [0, 0.1) is 0 Å². The third-order valence-corrected chi connectivity index (χ3v) is 3.34. The highest BCUT2D eigenvalue weighted by molar-refractivity contribution is 5.96. The maximum absolute atomic E-state index is 11.9. The van der Waals surface area contributed by atoms with Gasteiger partial charge in [-0.3, -0.25) is 4.79 Å². The van der Waals surface area contributed by atoms with Gasteiger partial charge in [0.25, 0.3) is 0 Å². The molecule has 1 unspecified atom stereocenters. The van der Waals surface area contributed by atoms with Gasteiger partial charge in [0.2, 0.25) is 0 Å². The molecule has 0 saturated carbocycles. The average molecular weight is 264 g/mol. The maximum Gasteiger partial charge on any atom is 0.162 e. The lowest BCUT2D eigenvalue weighted by atomic mass is 9.96. The van der Waals surface area contributed by atoms with Crippen molar-refractivity contribution in [3.63, 3.8) is 0 Å². The van der Waals surface area contributed by atoms with Crippen LogP contribution in [0.3, 0.4) is 0 Å². The Morgan fingerprint density at radius 1 is 1.26 bits per heavy atom. The number of carbonyl (C=O) groups is 1. The van der Waals surface area contributed by atoms with Crippen LogP contribution in [0.1, 0.15) is 54.9 Å². The number of aliphatic hydroxyl groups is 1. The van der Waals surface area contributed by atoms with Gasteiger partial charge in [0.1, 0.15) is 0 Å². The number of ether oxygens (including phenoxy) is 1. The van der Waals surface area contributed by atoms with E-state index in [1.807, 2.05) is 24.3 Å². The first-order valence-corrected chi connectivity index (χ1v) is 7.00. The SMILES string of the molecule is CCC(C)c1ccc(C(=O)CCCOCCO)cc1. The summed E-state index contributed by atoms with van der Waals surface area (Å²) in [5.74, 6) is 0.694. The molecule has 3 heteroatoms. The molecule has 0 spiro atoms. The Hall–Kier alpha value is -1.19. The minimum Gasteiger partial charge on any atom is -0.394 e. The summed E-state index contributed by atoms with van der Waals surface area (Å²) in [7, 11) is 0. The molecule has 0 fully saturated rings. The molecule has 0 aliphatic rings. The number of hydrogen-bond donors (Lipinski definition) is 1. The van der Waals surface area contributed by atoms with Crippen LogP contribution >= 0.6 is 0 Å². The maximum atomic E-state index is 11.9. The lowest BCUT2D eigenvalue weighted by Gasteiger charge is -2.09. The molecule has 0 aromatic heterocycles. The number of Topliss-reactive ketones (excluding diaryl/α,β-unsaturated/α-hetero) is 1. The van der Waals surface area contributed by atoms with Gasteiger partial charge in [0, 0.05) is 18.6 Å². The number of aliphatic hydroxyl groups excluding tert-OH is 1. The van der Waals surface area contributed by atoms with Crippen molar-refractivity contribution in [1.29, 1.82) is 0 Å². The molecule has 1 N–H and O–H groups in total. The highest BCUT2D eigenvalue weighted by Gasteiger charge is 2.07. The summed E-state index contributed by atoms with van der Waals surface area (Å²) in [5, 5.41) is 8.55. The van der Waals surface area contributed by atoms with Gasteiger partial charge in [0.15, 0.2) is 5.78 Å². The van der Waals surface area contributed by atoms with Crippen molar-refractivity contribution < 1.29 is 14.6 Å². The summed E-state index contributed by atoms with van der Waals surface area (Å²) in [4.78, 5) is 11.9. The number of carbonyl (C=O) groups excluding carboxylic acids is 1. The van der Waals surface area contributed by atoms with Gasteiger partial charge >= 0.3 is 0 Å². The molecule has 1 aromatic carbocycles. The smallest absolute Gasteiger partial charge is 0.162 e. The summed E-state index contributed by atoms with van der Waals surface area (Å²) in [5.41, 5.74) is 2.06. The largest absolute Gasteiger partial charge is 0.394 e. The van der Waals surface area contributed by atoms with Gasteiger partial charge < -0.3 is 9.84 Å². The van der Waals surface area contributed by atoms with Crippen molar-refractivity contribution >= 4 is 5.78 Å². The molecular formula is C16H24O3. The standard InChI is InChI=1S/C16H24O3/c1-3-13(2)14-6-8-15(9-7-14)16(18)5-4-11-19-12-10-17/h6-9,13,17H,3-5,10-12H2,1-2H3. The molecule has 0 aliphatic heterocycles. The van der Waals surface area contributed by atoms with Crippen molar-refractivity contribution in [3.05, 3.63) is 35.4 Å². The molecule has 1 atom stereocenters. The van der Waals surface area contributed by atoms with E-state index in [4.69, 9.17) is 9.84 Å². The minimum absolute atomic E-state index is 0.0328. The van der Waals surface area contributed by atoms with Crippen LogP contribution < -0.4 is 0 Å². The van der Waals surface area contributed by atoms with Crippen LogP contribution in [0.15, 0.2) is 24.3 Å². The molecular weight excluding hydrogens is 240 g/mol. The number of benzene rings is 1. The summed E-state index contributed by atoms with van der Waals surface area (Å²) < 4.78 is 5.13. The Bertz CT molecular complexity index is 370. The summed E-state index contributed by atoms with van der Waals surface area (Å²) in [6.07, 6.45) is 2.30. The van der Waals surface area contributed by atoms with Crippen LogP contribution in [0.25, 0.3) is 0 Å². The second-order valence-corrected chi connectivity index (χ2v) is 4.79. The number of rotatable bonds is 9. The Morgan fingerprint density at radius 3 is 2.53 bits per heavy atom. The number of hydrogen-bond acceptors (Lipinski definition) is 3. The van der Waals surface area contributed by atoms with E-state index in [-0.39, 0.29) is 12.4 Å². The molecule has 0 heterocycles. The molecule has 1 aromatic rings. The zero-order valence-electron chi connectivity index (χ0n) is 11.9. The van der Waals surface area contributed by atoms with E-state index in [1.54, 1.807) is 0 Å². The molecule has 19 heavy (non-hydrogen) atoms. The third kappa shape index (κ3) is 5.53. The fourth-order valence-electron chi connectivity index (χ4n) is 1.88. The van der Waals surface area contributed by atoms with Crippen LogP contribution in [0.5, 0.6) is 0 Å². The van der Waals surface area contributed by atoms with Crippen molar-refractivity contribution in [3.8, 4) is 0 Å². The van der Waals surface area contributed by atoms with Gasteiger partial charge in [-0.25, -0.2) is 0 Å². The third-order valence-electron chi connectivity index (χ3n) is 3.34. The van der Waals surface area contributed by atoms with Crippen molar-refractivity contribution in [2.75, 3.05) is 19.8 Å². The van der Waals surface area contributed by atoms with Crippen LogP contribution in [0.2, 0.25) is 0 Å². The summed E-state index contributed by atoms with van der Waals surface area (Å²) in [6, 6.07) is 7.92. The van der Waals surface area contributed by atoms with E-state index in [0.717, 1.165) is 12.0 Å². The molecule has 106 valence electrons. The van der Waals surface area contributed by atoms with Gasteiger partial charge in [-0.05, 0) is 24.3 Å². The summed E-state index contributed by atoms with van der Waals surface area (Å²) >= 11 is 0. The van der Waals surface area contributed by atoms with E-state index in [1.165, 1.54) is 5.56 Å². The highest BCUT2D eigenvalue weighted by Crippen LogP contribution is 2.19. The predicted octanol–water partition coefficient (Wildman–Crippen LogP) is 3.17. The zero-order chi connectivity index (χ0) is 14.1. The number of ketones is 1. The zero-order valence-corrected chi connectivity index (χ0v) is 11.9. The fourth-order valence-corrected chi connectivity index (χ4v) is 1.88. The molecule has 0 radical (unpaired) electrons. The quantitative estimate of drug-likeness (QED) is 0.550. The monoisotopic (exact) mass is 264 g/mol. The first-order valence-electron chi connectivity index (χ1n) is 7.00. The predicted molar refractivity (Wildman–Crippen MR) is 76.6 cm³/mol. The van der Waals surface area contributed by atoms with Gasteiger partial charge in [-0.2, -0.15) is 0 Å². The van der Waals surface area contributed by atoms with Crippen LogP contribution in [0.4, 0.5) is 0 Å². The van der Waals surface area contributed by atoms with E-state index < -0.39 is 0 Å². The second-order valence-electron chi connectivity index (χ2n) is 4.79. The van der Waals surface area contributed by atoms with E-state index in [0.29, 0.717) is 32.0 Å². The molecule has 3 nitrogen and oxygen atoms in total. The Kier molecular flexibility index (Phi) is 7.38. The molecule has 0 saturated heterocycles. The molecule has 0 amide bonds.